The first-order valence-corrected chi connectivity index (χ1v) is 5.58. The maximum atomic E-state index is 10.6. The molecule has 0 bridgehead atoms. The van der Waals surface area contributed by atoms with Gasteiger partial charge in [-0.1, -0.05) is 13.0 Å². The fourth-order valence-electron chi connectivity index (χ4n) is 0.405. The highest BCUT2D eigenvalue weighted by atomic mass is 32.1. The van der Waals surface area contributed by atoms with Gasteiger partial charge in [-0.2, -0.15) is 12.6 Å². The van der Waals surface area contributed by atoms with Crippen molar-refractivity contribution in [1.82, 2.24) is 5.32 Å². The number of nitrogens with two attached hydrogens (primary N) is 1. The lowest BCUT2D eigenvalue weighted by molar-refractivity contribution is -0.120. The highest BCUT2D eigenvalue weighted by Crippen LogP contribution is 1.72. The first-order valence-electron chi connectivity index (χ1n) is 4.68. The molecule has 3 N–H and O–H groups in total. The molecule has 0 aliphatic heterocycles. The van der Waals surface area contributed by atoms with Crippen molar-refractivity contribution in [1.29, 1.82) is 0 Å². The minimum Gasteiger partial charge on any atom is -0.353 e. The average Bonchev–Trinajstić information content (AvgIpc) is 2.30. The number of rotatable bonds is 4. The van der Waals surface area contributed by atoms with Crippen molar-refractivity contribution in [2.45, 2.75) is 19.8 Å². The van der Waals surface area contributed by atoms with Crippen molar-refractivity contribution in [2.24, 2.45) is 5.73 Å². The number of carbonyl (C=O) groups is 1. The van der Waals surface area contributed by atoms with E-state index in [0.717, 1.165) is 6.42 Å². The van der Waals surface area contributed by atoms with Crippen LogP contribution in [0.2, 0.25) is 0 Å². The lowest BCUT2D eigenvalue weighted by Gasteiger charge is -1.97. The standard InChI is InChI=1S/C6H12N2O.C4H6.CH4S/c1-2-5-8-6(9)3-4-7;1-3-4-2;1-2/h2H,1,3-5,7H2,(H,8,9);1H,4H2,2H3;2H,1H3. The lowest BCUT2D eigenvalue weighted by Crippen LogP contribution is -2.25. The van der Waals surface area contributed by atoms with Gasteiger partial charge in [-0.25, -0.2) is 0 Å². The van der Waals surface area contributed by atoms with E-state index in [9.17, 15) is 4.79 Å². The van der Waals surface area contributed by atoms with Crippen LogP contribution in [0.1, 0.15) is 19.8 Å². The summed E-state index contributed by atoms with van der Waals surface area (Å²) in [7, 11) is 0. The van der Waals surface area contributed by atoms with Crippen LogP contribution >= 0.6 is 12.6 Å². The van der Waals surface area contributed by atoms with Gasteiger partial charge in [-0.05, 0) is 6.26 Å². The first kappa shape index (κ1) is 19.6. The first-order chi connectivity index (χ1) is 7.22. The predicted octanol–water partition coefficient (Wildman–Crippen LogP) is 1.21. The second-order valence-corrected chi connectivity index (χ2v) is 2.19. The SMILES string of the molecule is C#CCC.C=CCNC(=O)CCN.CS. The van der Waals surface area contributed by atoms with Crippen molar-refractivity contribution in [3.05, 3.63) is 12.7 Å². The molecular formula is C11H22N2OS. The summed E-state index contributed by atoms with van der Waals surface area (Å²) in [5, 5.41) is 2.60. The molecule has 0 unspecified atom stereocenters. The zero-order chi connectivity index (χ0) is 12.5. The molecule has 0 aromatic heterocycles. The molecule has 0 aliphatic carbocycles. The van der Waals surface area contributed by atoms with Crippen LogP contribution in [0.4, 0.5) is 0 Å². The fraction of sp³-hybridized carbons (Fsp3) is 0.545. The van der Waals surface area contributed by atoms with Gasteiger partial charge in [0, 0.05) is 25.9 Å². The smallest absolute Gasteiger partial charge is 0.221 e. The third-order valence-electron chi connectivity index (χ3n) is 1.02. The van der Waals surface area contributed by atoms with E-state index in [0.29, 0.717) is 19.5 Å². The summed E-state index contributed by atoms with van der Waals surface area (Å²) in [5.74, 6) is 2.41. The van der Waals surface area contributed by atoms with Crippen molar-refractivity contribution >= 4 is 18.5 Å². The molecule has 3 nitrogen and oxygen atoms in total. The molecule has 0 spiro atoms. The molecule has 4 heteroatoms. The maximum absolute atomic E-state index is 10.6. The van der Waals surface area contributed by atoms with E-state index >= 15 is 0 Å². The third kappa shape index (κ3) is 32.0. The summed E-state index contributed by atoms with van der Waals surface area (Å²) in [6, 6.07) is 0. The minimum atomic E-state index is -0.0163. The van der Waals surface area contributed by atoms with Gasteiger partial charge in [-0.3, -0.25) is 4.79 Å². The van der Waals surface area contributed by atoms with E-state index < -0.39 is 0 Å². The summed E-state index contributed by atoms with van der Waals surface area (Å²) in [5.41, 5.74) is 5.11. The molecule has 15 heavy (non-hydrogen) atoms. The lowest BCUT2D eigenvalue weighted by atomic mass is 10.4. The number of thiol groups is 1. The summed E-state index contributed by atoms with van der Waals surface area (Å²) >= 11 is 3.53. The maximum Gasteiger partial charge on any atom is 0.221 e. The molecule has 0 aliphatic rings. The number of amides is 1. The quantitative estimate of drug-likeness (QED) is 0.386. The molecule has 88 valence electrons. The van der Waals surface area contributed by atoms with Crippen LogP contribution in [0, 0.1) is 12.3 Å². The van der Waals surface area contributed by atoms with Crippen molar-refractivity contribution < 1.29 is 4.79 Å². The molecule has 0 saturated carbocycles. The Morgan fingerprint density at radius 3 is 2.40 bits per heavy atom. The Bertz CT molecular complexity index is 176. The van der Waals surface area contributed by atoms with Crippen LogP contribution in [-0.2, 0) is 4.79 Å². The van der Waals surface area contributed by atoms with Crippen LogP contribution in [0.5, 0.6) is 0 Å². The number of hydrogen-bond donors (Lipinski definition) is 3. The van der Waals surface area contributed by atoms with Gasteiger partial charge in [-0.15, -0.1) is 18.9 Å². The van der Waals surface area contributed by atoms with Crippen molar-refractivity contribution in [3.63, 3.8) is 0 Å². The Hall–Kier alpha value is -0.920. The largest absolute Gasteiger partial charge is 0.353 e. The number of hydrogen-bond acceptors (Lipinski definition) is 3. The predicted molar refractivity (Wildman–Crippen MR) is 70.9 cm³/mol. The van der Waals surface area contributed by atoms with E-state index in [-0.39, 0.29) is 5.91 Å². The summed E-state index contributed by atoms with van der Waals surface area (Å²) in [6.07, 6.45) is 9.35. The van der Waals surface area contributed by atoms with E-state index in [1.54, 1.807) is 12.3 Å². The van der Waals surface area contributed by atoms with Crippen molar-refractivity contribution in [2.75, 3.05) is 19.3 Å². The van der Waals surface area contributed by atoms with Gasteiger partial charge < -0.3 is 11.1 Å². The van der Waals surface area contributed by atoms with Gasteiger partial charge in [0.25, 0.3) is 0 Å². The highest BCUT2D eigenvalue weighted by molar-refractivity contribution is 7.79. The number of terminal acetylenes is 1. The Morgan fingerprint density at radius 1 is 1.67 bits per heavy atom. The monoisotopic (exact) mass is 230 g/mol. The van der Waals surface area contributed by atoms with Gasteiger partial charge in [0.1, 0.15) is 0 Å². The Morgan fingerprint density at radius 2 is 2.13 bits per heavy atom. The van der Waals surface area contributed by atoms with Crippen LogP contribution in [0.15, 0.2) is 12.7 Å². The zero-order valence-corrected chi connectivity index (χ0v) is 10.5. The van der Waals surface area contributed by atoms with Gasteiger partial charge in [0.15, 0.2) is 0 Å². The molecule has 0 aromatic carbocycles. The summed E-state index contributed by atoms with van der Waals surface area (Å²) in [6.45, 7) is 6.32. The van der Waals surface area contributed by atoms with Crippen LogP contribution < -0.4 is 11.1 Å². The number of nitrogens with one attached hydrogen (secondary N) is 1. The molecule has 0 heterocycles. The van der Waals surface area contributed by atoms with E-state index in [4.69, 9.17) is 12.2 Å². The molecular weight excluding hydrogens is 208 g/mol. The third-order valence-corrected chi connectivity index (χ3v) is 1.02. The highest BCUT2D eigenvalue weighted by Gasteiger charge is 1.93. The second-order valence-electron chi connectivity index (χ2n) is 2.19. The molecule has 0 atom stereocenters. The summed E-state index contributed by atoms with van der Waals surface area (Å²) in [4.78, 5) is 10.6. The summed E-state index contributed by atoms with van der Waals surface area (Å²) < 4.78 is 0. The van der Waals surface area contributed by atoms with Crippen LogP contribution in [0.25, 0.3) is 0 Å². The van der Waals surface area contributed by atoms with E-state index in [2.05, 4.69) is 30.4 Å². The van der Waals surface area contributed by atoms with Gasteiger partial charge in [0.05, 0.1) is 0 Å². The Labute approximate surface area is 98.9 Å². The van der Waals surface area contributed by atoms with E-state index in [1.165, 1.54) is 0 Å². The molecule has 1 amide bonds. The Balaban J connectivity index is -0.000000202. The molecule has 0 fully saturated rings. The topological polar surface area (TPSA) is 55.1 Å². The normalized spacial score (nSPS) is 6.87. The second kappa shape index (κ2) is 23.2. The number of carbonyl (C=O) groups excluding carboxylic acids is 1. The fourth-order valence-corrected chi connectivity index (χ4v) is 0.405. The molecule has 0 radical (unpaired) electrons. The average molecular weight is 230 g/mol. The zero-order valence-electron chi connectivity index (χ0n) is 9.62. The molecule has 0 aromatic rings. The van der Waals surface area contributed by atoms with Crippen LogP contribution in [0.3, 0.4) is 0 Å². The molecule has 0 saturated heterocycles. The van der Waals surface area contributed by atoms with Gasteiger partial charge >= 0.3 is 0 Å². The van der Waals surface area contributed by atoms with E-state index in [1.807, 2.05) is 6.92 Å². The van der Waals surface area contributed by atoms with Crippen LogP contribution in [-0.4, -0.2) is 25.3 Å². The van der Waals surface area contributed by atoms with Gasteiger partial charge in [0.2, 0.25) is 5.91 Å². The minimum absolute atomic E-state index is 0.0163. The molecule has 0 rings (SSSR count). The Kier molecular flexibility index (Phi) is 30.3. The van der Waals surface area contributed by atoms with Crippen molar-refractivity contribution in [3.8, 4) is 12.3 Å².